The summed E-state index contributed by atoms with van der Waals surface area (Å²) in [5.74, 6) is 0.464. The zero-order valence-corrected chi connectivity index (χ0v) is 11.1. The number of hydrogen-bond acceptors (Lipinski definition) is 2. The fraction of sp³-hybridized carbons (Fsp3) is 0.0769. The lowest BCUT2D eigenvalue weighted by Gasteiger charge is -2.09. The molecule has 0 bridgehead atoms. The van der Waals surface area contributed by atoms with Gasteiger partial charge in [0.2, 0.25) is 0 Å². The number of ether oxygens (including phenoxy) is 1. The van der Waals surface area contributed by atoms with Gasteiger partial charge in [0.25, 0.3) is 0 Å². The van der Waals surface area contributed by atoms with E-state index in [0.717, 1.165) is 9.13 Å². The van der Waals surface area contributed by atoms with Crippen LogP contribution in [0.2, 0.25) is 0 Å². The van der Waals surface area contributed by atoms with Crippen LogP contribution in [0.5, 0.6) is 11.5 Å². The molecule has 0 fully saturated rings. The maximum atomic E-state index is 13.7. The Bertz CT molecular complexity index is 531. The van der Waals surface area contributed by atoms with Gasteiger partial charge in [0, 0.05) is 6.54 Å². The van der Waals surface area contributed by atoms with E-state index in [2.05, 4.69) is 22.6 Å². The van der Waals surface area contributed by atoms with Gasteiger partial charge in [-0.15, -0.1) is 0 Å². The number of rotatable bonds is 3. The summed E-state index contributed by atoms with van der Waals surface area (Å²) in [6.45, 7) is 0.320. The van der Waals surface area contributed by atoms with Gasteiger partial charge in [0.15, 0.2) is 11.6 Å². The monoisotopic (exact) mass is 343 g/mol. The second kappa shape index (κ2) is 5.46. The van der Waals surface area contributed by atoms with Gasteiger partial charge < -0.3 is 10.5 Å². The third-order valence-corrected chi connectivity index (χ3v) is 3.18. The fourth-order valence-corrected chi connectivity index (χ4v) is 1.90. The molecule has 2 aromatic rings. The molecule has 2 N–H and O–H groups in total. The molecule has 0 saturated heterocycles. The number of benzene rings is 2. The summed E-state index contributed by atoms with van der Waals surface area (Å²) >= 11 is 2.15. The summed E-state index contributed by atoms with van der Waals surface area (Å²) in [5, 5.41) is 0. The molecule has 88 valence electrons. The first kappa shape index (κ1) is 12.3. The van der Waals surface area contributed by atoms with Gasteiger partial charge in [0.05, 0.1) is 3.57 Å². The van der Waals surface area contributed by atoms with Gasteiger partial charge >= 0.3 is 0 Å². The van der Waals surface area contributed by atoms with Crippen molar-refractivity contribution >= 4 is 22.6 Å². The summed E-state index contributed by atoms with van der Waals surface area (Å²) in [4.78, 5) is 0. The van der Waals surface area contributed by atoms with E-state index in [1.807, 2.05) is 18.2 Å². The molecule has 0 aliphatic carbocycles. The summed E-state index contributed by atoms with van der Waals surface area (Å²) in [5.41, 5.74) is 6.18. The summed E-state index contributed by atoms with van der Waals surface area (Å²) in [6, 6.07) is 12.2. The van der Waals surface area contributed by atoms with Gasteiger partial charge in [0.1, 0.15) is 5.75 Å². The molecule has 0 aromatic heterocycles. The highest BCUT2D eigenvalue weighted by Crippen LogP contribution is 2.28. The Morgan fingerprint density at radius 3 is 2.53 bits per heavy atom. The highest BCUT2D eigenvalue weighted by molar-refractivity contribution is 14.1. The minimum absolute atomic E-state index is 0.214. The van der Waals surface area contributed by atoms with Crippen LogP contribution in [-0.2, 0) is 6.54 Å². The van der Waals surface area contributed by atoms with Crippen LogP contribution in [0.4, 0.5) is 4.39 Å². The molecule has 0 atom stereocenters. The molecule has 0 heterocycles. The minimum atomic E-state index is -0.396. The zero-order valence-electron chi connectivity index (χ0n) is 8.99. The van der Waals surface area contributed by atoms with Gasteiger partial charge in [-0.05, 0) is 52.4 Å². The predicted molar refractivity (Wildman–Crippen MR) is 73.5 cm³/mol. The molecule has 17 heavy (non-hydrogen) atoms. The highest BCUT2D eigenvalue weighted by atomic mass is 127. The van der Waals surface area contributed by atoms with Crippen LogP contribution >= 0.6 is 22.6 Å². The Labute approximate surface area is 113 Å². The maximum absolute atomic E-state index is 13.7. The van der Waals surface area contributed by atoms with Crippen molar-refractivity contribution in [2.75, 3.05) is 0 Å². The Morgan fingerprint density at radius 2 is 1.88 bits per heavy atom. The smallest absolute Gasteiger partial charge is 0.166 e. The van der Waals surface area contributed by atoms with Crippen molar-refractivity contribution in [1.82, 2.24) is 0 Å². The largest absolute Gasteiger partial charge is 0.453 e. The summed E-state index contributed by atoms with van der Waals surface area (Å²) in [6.07, 6.45) is 0. The molecule has 2 nitrogen and oxygen atoms in total. The third-order valence-electron chi connectivity index (χ3n) is 2.29. The SMILES string of the molecule is NCc1ccc(Oc2ccccc2I)c(F)c1. The van der Waals surface area contributed by atoms with Gasteiger partial charge in [-0.3, -0.25) is 0 Å². The number of hydrogen-bond donors (Lipinski definition) is 1. The first-order valence-corrected chi connectivity index (χ1v) is 6.19. The van der Waals surface area contributed by atoms with E-state index < -0.39 is 5.82 Å². The Hall–Kier alpha value is -1.14. The Balaban J connectivity index is 2.28. The normalized spacial score (nSPS) is 10.3. The van der Waals surface area contributed by atoms with Gasteiger partial charge in [-0.2, -0.15) is 0 Å². The van der Waals surface area contributed by atoms with Crippen LogP contribution in [0.25, 0.3) is 0 Å². The average molecular weight is 343 g/mol. The van der Waals surface area contributed by atoms with Crippen LogP contribution in [0, 0.1) is 9.39 Å². The lowest BCUT2D eigenvalue weighted by molar-refractivity contribution is 0.439. The van der Waals surface area contributed by atoms with Crippen LogP contribution in [0.1, 0.15) is 5.56 Å². The van der Waals surface area contributed by atoms with Crippen LogP contribution < -0.4 is 10.5 Å². The van der Waals surface area contributed by atoms with Crippen molar-refractivity contribution < 1.29 is 9.13 Å². The average Bonchev–Trinajstić information content (AvgIpc) is 2.34. The van der Waals surface area contributed by atoms with E-state index in [9.17, 15) is 4.39 Å². The fourth-order valence-electron chi connectivity index (χ4n) is 1.40. The van der Waals surface area contributed by atoms with Gasteiger partial charge in [-0.1, -0.05) is 18.2 Å². The van der Waals surface area contributed by atoms with E-state index in [1.165, 1.54) is 6.07 Å². The highest BCUT2D eigenvalue weighted by Gasteiger charge is 2.07. The van der Waals surface area contributed by atoms with Crippen molar-refractivity contribution in [3.05, 3.63) is 57.4 Å². The summed E-state index contributed by atoms with van der Waals surface area (Å²) in [7, 11) is 0. The second-order valence-corrected chi connectivity index (χ2v) is 4.66. The number of nitrogens with two attached hydrogens (primary N) is 1. The van der Waals surface area contributed by atoms with Crippen molar-refractivity contribution in [2.45, 2.75) is 6.54 Å². The quantitative estimate of drug-likeness (QED) is 0.863. The molecule has 0 aliphatic heterocycles. The Kier molecular flexibility index (Phi) is 3.96. The maximum Gasteiger partial charge on any atom is 0.166 e. The molecule has 0 unspecified atom stereocenters. The molecule has 2 rings (SSSR count). The van der Waals surface area contributed by atoms with Crippen LogP contribution in [-0.4, -0.2) is 0 Å². The van der Waals surface area contributed by atoms with Crippen molar-refractivity contribution in [3.63, 3.8) is 0 Å². The predicted octanol–water partition coefficient (Wildman–Crippen LogP) is 3.68. The molecule has 0 aliphatic rings. The standard InChI is InChI=1S/C13H11FINO/c14-10-7-9(8-16)5-6-12(10)17-13-4-2-1-3-11(13)15/h1-7H,8,16H2. The van der Waals surface area contributed by atoms with Crippen LogP contribution in [0.3, 0.4) is 0 Å². The minimum Gasteiger partial charge on any atom is -0.453 e. The van der Waals surface area contributed by atoms with Crippen molar-refractivity contribution in [1.29, 1.82) is 0 Å². The van der Waals surface area contributed by atoms with Crippen molar-refractivity contribution in [3.8, 4) is 11.5 Å². The molecule has 2 aromatic carbocycles. The first-order chi connectivity index (χ1) is 8.20. The topological polar surface area (TPSA) is 35.2 Å². The second-order valence-electron chi connectivity index (χ2n) is 3.50. The number of para-hydroxylation sites is 1. The van der Waals surface area contributed by atoms with E-state index in [4.69, 9.17) is 10.5 Å². The van der Waals surface area contributed by atoms with E-state index in [1.54, 1.807) is 18.2 Å². The molecule has 0 amide bonds. The van der Waals surface area contributed by atoms with E-state index in [-0.39, 0.29) is 5.75 Å². The molecular weight excluding hydrogens is 332 g/mol. The molecule has 4 heteroatoms. The van der Waals surface area contributed by atoms with E-state index >= 15 is 0 Å². The lowest BCUT2D eigenvalue weighted by atomic mass is 10.2. The summed E-state index contributed by atoms with van der Waals surface area (Å²) < 4.78 is 20.1. The zero-order chi connectivity index (χ0) is 12.3. The molecule has 0 saturated carbocycles. The molecular formula is C13H11FINO. The molecule has 0 spiro atoms. The van der Waals surface area contributed by atoms with Gasteiger partial charge in [-0.25, -0.2) is 4.39 Å². The third kappa shape index (κ3) is 2.95. The Morgan fingerprint density at radius 1 is 1.12 bits per heavy atom. The van der Waals surface area contributed by atoms with Crippen molar-refractivity contribution in [2.24, 2.45) is 5.73 Å². The lowest BCUT2D eigenvalue weighted by Crippen LogP contribution is -1.98. The number of halogens is 2. The first-order valence-electron chi connectivity index (χ1n) is 5.11. The molecule has 0 radical (unpaired) electrons. The van der Waals surface area contributed by atoms with E-state index in [0.29, 0.717) is 12.3 Å². The van der Waals surface area contributed by atoms with Crippen LogP contribution in [0.15, 0.2) is 42.5 Å².